The number of hydrogen-bond acceptors (Lipinski definition) is 3. The van der Waals surface area contributed by atoms with Gasteiger partial charge in [0.15, 0.2) is 11.6 Å². The highest BCUT2D eigenvalue weighted by Gasteiger charge is 2.28. The molecule has 0 radical (unpaired) electrons. The molecule has 2 rings (SSSR count). The minimum absolute atomic E-state index is 0. The Hall–Kier alpha value is -1.19. The SMILES string of the molecule is CNC1CCc2c(ccc(C(=O)C(C)C)c2C(=O)C(C)C)C1.Cl. The second-order valence-corrected chi connectivity index (χ2v) is 6.89. The number of Topliss-reactive ketones (excluding diaryl/α,β-unsaturated/α-hetero) is 2. The van der Waals surface area contributed by atoms with E-state index in [0.717, 1.165) is 24.8 Å². The zero-order valence-corrected chi connectivity index (χ0v) is 15.5. The fourth-order valence-corrected chi connectivity index (χ4v) is 3.19. The lowest BCUT2D eigenvalue weighted by Gasteiger charge is -2.27. The number of carbonyl (C=O) groups is 2. The summed E-state index contributed by atoms with van der Waals surface area (Å²) in [5.74, 6) is -0.0102. The normalized spacial score (nSPS) is 16.9. The molecule has 0 aliphatic heterocycles. The van der Waals surface area contributed by atoms with Crippen LogP contribution >= 0.6 is 12.4 Å². The van der Waals surface area contributed by atoms with Crippen molar-refractivity contribution in [1.82, 2.24) is 5.32 Å². The van der Waals surface area contributed by atoms with E-state index in [1.54, 1.807) is 0 Å². The quantitative estimate of drug-likeness (QED) is 0.830. The summed E-state index contributed by atoms with van der Waals surface area (Å²) in [6.07, 6.45) is 2.81. The summed E-state index contributed by atoms with van der Waals surface area (Å²) in [6, 6.07) is 4.38. The topological polar surface area (TPSA) is 46.2 Å². The van der Waals surface area contributed by atoms with Gasteiger partial charge in [-0.05, 0) is 37.4 Å². The fourth-order valence-electron chi connectivity index (χ4n) is 3.19. The molecule has 0 heterocycles. The summed E-state index contributed by atoms with van der Waals surface area (Å²) < 4.78 is 0. The van der Waals surface area contributed by atoms with Gasteiger partial charge in [-0.15, -0.1) is 12.4 Å². The average molecular weight is 338 g/mol. The molecule has 128 valence electrons. The minimum Gasteiger partial charge on any atom is -0.317 e. The van der Waals surface area contributed by atoms with Crippen LogP contribution in [0.2, 0.25) is 0 Å². The first-order valence-electron chi connectivity index (χ1n) is 8.27. The van der Waals surface area contributed by atoms with Crippen molar-refractivity contribution in [3.8, 4) is 0 Å². The average Bonchev–Trinajstić information content (AvgIpc) is 2.51. The van der Waals surface area contributed by atoms with Crippen LogP contribution in [0.5, 0.6) is 0 Å². The van der Waals surface area contributed by atoms with Crippen molar-refractivity contribution < 1.29 is 9.59 Å². The molecule has 1 aliphatic rings. The number of fused-ring (bicyclic) bond motifs is 1. The Morgan fingerprint density at radius 3 is 2.22 bits per heavy atom. The molecular weight excluding hydrogens is 310 g/mol. The predicted octanol–water partition coefficient (Wildman–Crippen LogP) is 3.86. The van der Waals surface area contributed by atoms with E-state index in [-0.39, 0.29) is 35.8 Å². The van der Waals surface area contributed by atoms with Crippen LogP contribution in [0.4, 0.5) is 0 Å². The van der Waals surface area contributed by atoms with Crippen LogP contribution in [0.3, 0.4) is 0 Å². The van der Waals surface area contributed by atoms with Gasteiger partial charge < -0.3 is 5.32 Å². The molecular formula is C19H28ClNO2. The first-order chi connectivity index (χ1) is 10.4. The smallest absolute Gasteiger partial charge is 0.166 e. The highest BCUT2D eigenvalue weighted by atomic mass is 35.5. The maximum absolute atomic E-state index is 12.7. The minimum atomic E-state index is -0.0922. The Morgan fingerprint density at radius 2 is 1.70 bits per heavy atom. The number of benzene rings is 1. The van der Waals surface area contributed by atoms with Gasteiger partial charge in [0.2, 0.25) is 0 Å². The number of likely N-dealkylation sites (N-methyl/N-ethyl adjacent to an activating group) is 1. The molecule has 0 fully saturated rings. The van der Waals surface area contributed by atoms with E-state index in [4.69, 9.17) is 0 Å². The lowest BCUT2D eigenvalue weighted by Crippen LogP contribution is -2.33. The second kappa shape index (κ2) is 8.07. The lowest BCUT2D eigenvalue weighted by atomic mass is 9.79. The third-order valence-electron chi connectivity index (χ3n) is 4.59. The van der Waals surface area contributed by atoms with Crippen molar-refractivity contribution in [2.75, 3.05) is 7.05 Å². The van der Waals surface area contributed by atoms with Crippen molar-refractivity contribution in [2.45, 2.75) is 53.0 Å². The molecule has 1 unspecified atom stereocenters. The highest BCUT2D eigenvalue weighted by Crippen LogP contribution is 2.30. The summed E-state index contributed by atoms with van der Waals surface area (Å²) >= 11 is 0. The summed E-state index contributed by atoms with van der Waals surface area (Å²) in [5.41, 5.74) is 3.64. The van der Waals surface area contributed by atoms with E-state index in [0.29, 0.717) is 17.2 Å². The molecule has 0 amide bonds. The highest BCUT2D eigenvalue weighted by molar-refractivity contribution is 6.11. The third kappa shape index (κ3) is 4.02. The van der Waals surface area contributed by atoms with Crippen molar-refractivity contribution >= 4 is 24.0 Å². The number of nitrogens with one attached hydrogen (secondary N) is 1. The van der Waals surface area contributed by atoms with Gasteiger partial charge in [0, 0.05) is 29.0 Å². The van der Waals surface area contributed by atoms with E-state index in [1.165, 1.54) is 5.56 Å². The summed E-state index contributed by atoms with van der Waals surface area (Å²) in [4.78, 5) is 25.3. The first kappa shape index (κ1) is 19.9. The maximum atomic E-state index is 12.7. The van der Waals surface area contributed by atoms with E-state index >= 15 is 0 Å². The number of rotatable bonds is 5. The molecule has 0 saturated heterocycles. The molecule has 0 bridgehead atoms. The van der Waals surface area contributed by atoms with Crippen LogP contribution in [0.1, 0.15) is 66.0 Å². The molecule has 4 heteroatoms. The molecule has 1 atom stereocenters. The lowest BCUT2D eigenvalue weighted by molar-refractivity contribution is 0.0904. The molecule has 0 aromatic heterocycles. The molecule has 0 saturated carbocycles. The van der Waals surface area contributed by atoms with E-state index in [1.807, 2.05) is 46.9 Å². The molecule has 1 aliphatic carbocycles. The molecule has 1 N–H and O–H groups in total. The van der Waals surface area contributed by atoms with Crippen molar-refractivity contribution in [1.29, 1.82) is 0 Å². The summed E-state index contributed by atoms with van der Waals surface area (Å²) in [5, 5.41) is 3.32. The van der Waals surface area contributed by atoms with Gasteiger partial charge in [-0.25, -0.2) is 0 Å². The summed E-state index contributed by atoms with van der Waals surface area (Å²) in [6.45, 7) is 7.60. The van der Waals surface area contributed by atoms with Crippen molar-refractivity contribution in [3.63, 3.8) is 0 Å². The van der Waals surface area contributed by atoms with Gasteiger partial charge in [0.25, 0.3) is 0 Å². The predicted molar refractivity (Wildman–Crippen MR) is 96.9 cm³/mol. The largest absolute Gasteiger partial charge is 0.317 e. The van der Waals surface area contributed by atoms with E-state index < -0.39 is 0 Å². The Kier molecular flexibility index (Phi) is 6.97. The fraction of sp³-hybridized carbons (Fsp3) is 0.579. The second-order valence-electron chi connectivity index (χ2n) is 6.89. The van der Waals surface area contributed by atoms with Crippen LogP contribution in [0.15, 0.2) is 12.1 Å². The molecule has 0 spiro atoms. The van der Waals surface area contributed by atoms with Crippen LogP contribution in [-0.2, 0) is 12.8 Å². The van der Waals surface area contributed by atoms with Crippen LogP contribution in [-0.4, -0.2) is 24.7 Å². The van der Waals surface area contributed by atoms with Crippen LogP contribution in [0, 0.1) is 11.8 Å². The standard InChI is InChI=1S/C19H27NO2.ClH/c1-11(2)18(21)16-8-6-13-10-14(20-5)7-9-15(13)17(16)19(22)12(3)4;/h6,8,11-12,14,20H,7,9-10H2,1-5H3;1H. The monoisotopic (exact) mass is 337 g/mol. The molecule has 1 aromatic carbocycles. The first-order valence-corrected chi connectivity index (χ1v) is 8.27. The molecule has 3 nitrogen and oxygen atoms in total. The number of carbonyl (C=O) groups excluding carboxylic acids is 2. The maximum Gasteiger partial charge on any atom is 0.166 e. The Morgan fingerprint density at radius 1 is 1.09 bits per heavy atom. The number of halogens is 1. The number of hydrogen-bond donors (Lipinski definition) is 1. The van der Waals surface area contributed by atoms with Crippen molar-refractivity contribution in [2.24, 2.45) is 11.8 Å². The van der Waals surface area contributed by atoms with Gasteiger partial charge in [-0.1, -0.05) is 39.8 Å². The van der Waals surface area contributed by atoms with E-state index in [9.17, 15) is 9.59 Å². The van der Waals surface area contributed by atoms with Gasteiger partial charge >= 0.3 is 0 Å². The van der Waals surface area contributed by atoms with Crippen molar-refractivity contribution in [3.05, 3.63) is 34.4 Å². The Bertz CT molecular complexity index is 593. The zero-order valence-electron chi connectivity index (χ0n) is 14.7. The van der Waals surface area contributed by atoms with Crippen LogP contribution in [0.25, 0.3) is 0 Å². The van der Waals surface area contributed by atoms with Gasteiger partial charge in [0.05, 0.1) is 0 Å². The Balaban J connectivity index is 0.00000264. The summed E-state index contributed by atoms with van der Waals surface area (Å²) in [7, 11) is 1.98. The van der Waals surface area contributed by atoms with Gasteiger partial charge in [-0.3, -0.25) is 9.59 Å². The zero-order chi connectivity index (χ0) is 16.4. The number of ketones is 2. The molecule has 23 heavy (non-hydrogen) atoms. The molecule has 1 aromatic rings. The van der Waals surface area contributed by atoms with Gasteiger partial charge in [-0.2, -0.15) is 0 Å². The van der Waals surface area contributed by atoms with Crippen LogP contribution < -0.4 is 5.32 Å². The van der Waals surface area contributed by atoms with Gasteiger partial charge in [0.1, 0.15) is 0 Å². The van der Waals surface area contributed by atoms with E-state index in [2.05, 4.69) is 5.32 Å². The third-order valence-corrected chi connectivity index (χ3v) is 4.59. The Labute approximate surface area is 145 Å².